The van der Waals surface area contributed by atoms with Gasteiger partial charge >= 0.3 is 0 Å². The van der Waals surface area contributed by atoms with Crippen LogP contribution in [0.15, 0.2) is 12.1 Å². The molecule has 1 aromatic rings. The van der Waals surface area contributed by atoms with Crippen molar-refractivity contribution >= 4 is 11.7 Å². The number of nitrogens with one attached hydrogen (secondary N) is 1. The van der Waals surface area contributed by atoms with Gasteiger partial charge < -0.3 is 14.8 Å². The molecule has 5 nitrogen and oxygen atoms in total. The highest BCUT2D eigenvalue weighted by atomic mass is 16.5. The van der Waals surface area contributed by atoms with Crippen LogP contribution in [0.2, 0.25) is 0 Å². The summed E-state index contributed by atoms with van der Waals surface area (Å²) in [5, 5.41) is 2.57. The number of fused-ring (bicyclic) bond motifs is 1. The highest BCUT2D eigenvalue weighted by Gasteiger charge is 2.38. The summed E-state index contributed by atoms with van der Waals surface area (Å²) >= 11 is 0. The largest absolute Gasteiger partial charge is 0.496 e. The van der Waals surface area contributed by atoms with Crippen LogP contribution in [0.1, 0.15) is 28.3 Å². The van der Waals surface area contributed by atoms with Gasteiger partial charge in [0.2, 0.25) is 5.91 Å². The van der Waals surface area contributed by atoms with Crippen LogP contribution in [0.3, 0.4) is 0 Å². The third kappa shape index (κ3) is 1.72. The molecule has 0 fully saturated rings. The zero-order valence-electron chi connectivity index (χ0n) is 10.6. The lowest BCUT2D eigenvalue weighted by Crippen LogP contribution is -2.24. The van der Waals surface area contributed by atoms with Gasteiger partial charge in [-0.15, -0.1) is 0 Å². The van der Waals surface area contributed by atoms with E-state index in [0.29, 0.717) is 22.6 Å². The second-order valence-corrected chi connectivity index (χ2v) is 4.05. The number of hydrogen-bond acceptors (Lipinski definition) is 4. The quantitative estimate of drug-likeness (QED) is 0.871. The summed E-state index contributed by atoms with van der Waals surface area (Å²) in [6.45, 7) is 0. The van der Waals surface area contributed by atoms with Crippen molar-refractivity contribution in [1.29, 1.82) is 0 Å². The second kappa shape index (κ2) is 4.68. The van der Waals surface area contributed by atoms with E-state index in [9.17, 15) is 9.59 Å². The summed E-state index contributed by atoms with van der Waals surface area (Å²) in [6, 6.07) is 3.40. The maximum absolute atomic E-state index is 12.0. The van der Waals surface area contributed by atoms with E-state index in [4.69, 9.17) is 9.47 Å². The Kier molecular flexibility index (Phi) is 3.23. The van der Waals surface area contributed by atoms with Crippen molar-refractivity contribution in [2.45, 2.75) is 12.3 Å². The summed E-state index contributed by atoms with van der Waals surface area (Å²) in [5.41, 5.74) is 1.09. The number of likely N-dealkylation sites (N-methyl/N-ethyl adjacent to an activating group) is 1. The van der Waals surface area contributed by atoms with Gasteiger partial charge in [-0.1, -0.05) is 0 Å². The molecular formula is C13H15NO4. The lowest BCUT2D eigenvalue weighted by Gasteiger charge is -2.14. The molecule has 1 amide bonds. The average Bonchev–Trinajstić information content (AvgIpc) is 2.75. The van der Waals surface area contributed by atoms with Gasteiger partial charge in [0.1, 0.15) is 11.5 Å². The van der Waals surface area contributed by atoms with Crippen molar-refractivity contribution in [3.05, 3.63) is 23.3 Å². The number of hydrogen-bond donors (Lipinski definition) is 1. The van der Waals surface area contributed by atoms with E-state index in [1.54, 1.807) is 19.2 Å². The third-order valence-electron chi connectivity index (χ3n) is 3.19. The molecule has 1 aromatic carbocycles. The number of carbonyl (C=O) groups excluding carboxylic acids is 2. The standard InChI is InChI=1S/C13H15NO4/c1-14-13(16)7-6-8(15)12-10(18-3)5-4-9(17-2)11(7)12/h4-5,7H,6H2,1-3H3,(H,14,16). The van der Waals surface area contributed by atoms with Gasteiger partial charge in [0, 0.05) is 19.0 Å². The molecule has 2 rings (SSSR count). The van der Waals surface area contributed by atoms with E-state index in [-0.39, 0.29) is 18.1 Å². The van der Waals surface area contributed by atoms with E-state index < -0.39 is 5.92 Å². The minimum absolute atomic E-state index is 0.0886. The number of ketones is 1. The van der Waals surface area contributed by atoms with Gasteiger partial charge in [-0.2, -0.15) is 0 Å². The Bertz CT molecular complexity index is 510. The Morgan fingerprint density at radius 1 is 1.28 bits per heavy atom. The second-order valence-electron chi connectivity index (χ2n) is 4.05. The maximum atomic E-state index is 12.0. The van der Waals surface area contributed by atoms with Crippen molar-refractivity contribution in [3.63, 3.8) is 0 Å². The van der Waals surface area contributed by atoms with Crippen LogP contribution in [-0.4, -0.2) is 33.0 Å². The van der Waals surface area contributed by atoms with Crippen LogP contribution >= 0.6 is 0 Å². The fourth-order valence-electron chi connectivity index (χ4n) is 2.35. The molecule has 0 spiro atoms. The van der Waals surface area contributed by atoms with E-state index in [1.807, 2.05) is 0 Å². The number of rotatable bonds is 3. The Morgan fingerprint density at radius 3 is 2.44 bits per heavy atom. The predicted molar refractivity (Wildman–Crippen MR) is 65.3 cm³/mol. The van der Waals surface area contributed by atoms with Crippen molar-refractivity contribution in [3.8, 4) is 11.5 Å². The summed E-state index contributed by atoms with van der Waals surface area (Å²) in [7, 11) is 4.58. The molecule has 0 bridgehead atoms. The van der Waals surface area contributed by atoms with Crippen LogP contribution in [0, 0.1) is 0 Å². The number of benzene rings is 1. The van der Waals surface area contributed by atoms with Gasteiger partial charge in [-0.05, 0) is 12.1 Å². The molecule has 1 unspecified atom stereocenters. The van der Waals surface area contributed by atoms with Crippen LogP contribution < -0.4 is 14.8 Å². The molecule has 1 atom stereocenters. The summed E-state index contributed by atoms with van der Waals surface area (Å²) < 4.78 is 10.4. The third-order valence-corrected chi connectivity index (χ3v) is 3.19. The molecule has 0 saturated heterocycles. The summed E-state index contributed by atoms with van der Waals surface area (Å²) in [6.07, 6.45) is 0.158. The van der Waals surface area contributed by atoms with E-state index in [2.05, 4.69) is 5.32 Å². The lowest BCUT2D eigenvalue weighted by molar-refractivity contribution is -0.121. The van der Waals surface area contributed by atoms with E-state index in [1.165, 1.54) is 14.2 Å². The topological polar surface area (TPSA) is 64.6 Å². The molecule has 1 aliphatic rings. The van der Waals surface area contributed by atoms with Crippen molar-refractivity contribution in [2.24, 2.45) is 0 Å². The first-order valence-electron chi connectivity index (χ1n) is 5.63. The first-order valence-corrected chi connectivity index (χ1v) is 5.63. The van der Waals surface area contributed by atoms with Crippen molar-refractivity contribution in [1.82, 2.24) is 5.32 Å². The van der Waals surface area contributed by atoms with Crippen LogP contribution in [0.25, 0.3) is 0 Å². The molecule has 0 heterocycles. The minimum Gasteiger partial charge on any atom is -0.496 e. The van der Waals surface area contributed by atoms with Gasteiger partial charge in [-0.3, -0.25) is 9.59 Å². The Labute approximate surface area is 105 Å². The first kappa shape index (κ1) is 12.4. The Balaban J connectivity index is 2.63. The molecule has 5 heteroatoms. The van der Waals surface area contributed by atoms with Crippen LogP contribution in [-0.2, 0) is 4.79 Å². The smallest absolute Gasteiger partial charge is 0.227 e. The fourth-order valence-corrected chi connectivity index (χ4v) is 2.35. The van der Waals surface area contributed by atoms with Gasteiger partial charge in [0.25, 0.3) is 0 Å². The molecule has 0 aromatic heterocycles. The number of Topliss-reactive ketones (excluding diaryl/α,β-unsaturated/α-hetero) is 1. The molecule has 0 saturated carbocycles. The highest BCUT2D eigenvalue weighted by Crippen LogP contribution is 2.43. The molecular weight excluding hydrogens is 234 g/mol. The van der Waals surface area contributed by atoms with Gasteiger partial charge in [-0.25, -0.2) is 0 Å². The lowest BCUT2D eigenvalue weighted by atomic mass is 9.99. The molecule has 96 valence electrons. The number of carbonyl (C=O) groups is 2. The fraction of sp³-hybridized carbons (Fsp3) is 0.385. The van der Waals surface area contributed by atoms with Crippen molar-refractivity contribution < 1.29 is 19.1 Å². The SMILES string of the molecule is CNC(=O)C1CC(=O)c2c(OC)ccc(OC)c21. The molecule has 0 aliphatic heterocycles. The monoisotopic (exact) mass is 249 g/mol. The van der Waals surface area contributed by atoms with E-state index in [0.717, 1.165) is 0 Å². The number of methoxy groups -OCH3 is 2. The minimum atomic E-state index is -0.498. The number of ether oxygens (including phenoxy) is 2. The summed E-state index contributed by atoms with van der Waals surface area (Å²) in [4.78, 5) is 23.9. The first-order chi connectivity index (χ1) is 8.63. The van der Waals surface area contributed by atoms with Crippen molar-refractivity contribution in [2.75, 3.05) is 21.3 Å². The predicted octanol–water partition coefficient (Wildman–Crippen LogP) is 1.12. The van der Waals surface area contributed by atoms with Crippen LogP contribution in [0.5, 0.6) is 11.5 Å². The van der Waals surface area contributed by atoms with Gasteiger partial charge in [0.05, 0.1) is 25.7 Å². The zero-order chi connectivity index (χ0) is 13.3. The molecule has 1 N–H and O–H groups in total. The van der Waals surface area contributed by atoms with Gasteiger partial charge in [0.15, 0.2) is 5.78 Å². The Hall–Kier alpha value is -2.04. The average molecular weight is 249 g/mol. The van der Waals surface area contributed by atoms with Crippen LogP contribution in [0.4, 0.5) is 0 Å². The zero-order valence-corrected chi connectivity index (χ0v) is 10.6. The summed E-state index contributed by atoms with van der Waals surface area (Å²) in [5.74, 6) is 0.262. The van der Waals surface area contributed by atoms with E-state index >= 15 is 0 Å². The normalized spacial score (nSPS) is 17.3. The maximum Gasteiger partial charge on any atom is 0.227 e. The number of amides is 1. The molecule has 0 radical (unpaired) electrons. The highest BCUT2D eigenvalue weighted by molar-refractivity contribution is 6.09. The Morgan fingerprint density at radius 2 is 1.89 bits per heavy atom. The molecule has 18 heavy (non-hydrogen) atoms. The molecule has 1 aliphatic carbocycles.